The Bertz CT molecular complexity index is 1220. The predicted octanol–water partition coefficient (Wildman–Crippen LogP) is 3.77. The normalized spacial score (nSPS) is 14.3. The van der Waals surface area contributed by atoms with E-state index in [2.05, 4.69) is 15.1 Å². The van der Waals surface area contributed by atoms with Gasteiger partial charge in [-0.3, -0.25) is 9.78 Å². The van der Waals surface area contributed by atoms with Gasteiger partial charge in [0.1, 0.15) is 11.2 Å². The van der Waals surface area contributed by atoms with Gasteiger partial charge in [-0.2, -0.15) is 9.78 Å². The van der Waals surface area contributed by atoms with Crippen molar-refractivity contribution >= 4 is 38.7 Å². The molecule has 0 saturated carbocycles. The summed E-state index contributed by atoms with van der Waals surface area (Å²) in [5.74, 6) is 0. The minimum atomic E-state index is -0.0796. The number of rotatable bonds is 2. The number of thiophene rings is 1. The van der Waals surface area contributed by atoms with E-state index in [-0.39, 0.29) is 5.56 Å². The van der Waals surface area contributed by atoms with E-state index in [1.165, 1.54) is 27.9 Å². The van der Waals surface area contributed by atoms with E-state index < -0.39 is 0 Å². The third kappa shape index (κ3) is 2.45. The number of pyridine rings is 1. The van der Waals surface area contributed by atoms with Crippen molar-refractivity contribution in [3.63, 3.8) is 0 Å². The Morgan fingerprint density at radius 1 is 1.12 bits per heavy atom. The monoisotopic (exact) mass is 360 g/mol. The Kier molecular flexibility index (Phi) is 3.64. The van der Waals surface area contributed by atoms with Crippen LogP contribution >= 0.6 is 11.3 Å². The maximum atomic E-state index is 12.9. The quantitative estimate of drug-likeness (QED) is 0.511. The fourth-order valence-corrected chi connectivity index (χ4v) is 4.80. The summed E-state index contributed by atoms with van der Waals surface area (Å²) in [4.78, 5) is 23.9. The number of hydrogen-bond acceptors (Lipinski definition) is 5. The van der Waals surface area contributed by atoms with Crippen LogP contribution in [0.15, 0.2) is 52.8 Å². The van der Waals surface area contributed by atoms with Crippen LogP contribution in [0.5, 0.6) is 0 Å². The molecule has 1 aliphatic rings. The minimum Gasteiger partial charge on any atom is -0.267 e. The minimum absolute atomic E-state index is 0.0796. The van der Waals surface area contributed by atoms with Gasteiger partial charge in [0, 0.05) is 22.0 Å². The zero-order chi connectivity index (χ0) is 17.5. The second-order valence-electron chi connectivity index (χ2n) is 6.45. The molecule has 4 aromatic rings. The average Bonchev–Trinajstić information content (AvgIpc) is 3.07. The number of fused-ring (bicyclic) bond motifs is 4. The van der Waals surface area contributed by atoms with Crippen LogP contribution in [0.2, 0.25) is 0 Å². The summed E-state index contributed by atoms with van der Waals surface area (Å²) < 4.78 is 1.35. The summed E-state index contributed by atoms with van der Waals surface area (Å²) in [6, 6.07) is 9.78. The smallest absolute Gasteiger partial charge is 0.267 e. The van der Waals surface area contributed by atoms with Crippen molar-refractivity contribution < 1.29 is 0 Å². The lowest BCUT2D eigenvalue weighted by Gasteiger charge is -2.09. The lowest BCUT2D eigenvalue weighted by atomic mass is 9.97. The van der Waals surface area contributed by atoms with E-state index in [4.69, 9.17) is 0 Å². The molecular formula is C20H16N4OS. The first-order valence-electron chi connectivity index (χ1n) is 8.71. The van der Waals surface area contributed by atoms with Crippen LogP contribution in [0.1, 0.15) is 28.8 Å². The molecule has 5 rings (SSSR count). The van der Waals surface area contributed by atoms with Crippen LogP contribution in [0.4, 0.5) is 0 Å². The molecule has 0 spiro atoms. The predicted molar refractivity (Wildman–Crippen MR) is 105 cm³/mol. The molecule has 0 radical (unpaired) electrons. The van der Waals surface area contributed by atoms with Gasteiger partial charge < -0.3 is 0 Å². The molecule has 0 amide bonds. The Balaban J connectivity index is 1.62. The lowest BCUT2D eigenvalue weighted by Crippen LogP contribution is -2.18. The van der Waals surface area contributed by atoms with Gasteiger partial charge in [-0.25, -0.2) is 4.98 Å². The van der Waals surface area contributed by atoms with Crippen LogP contribution in [0.25, 0.3) is 21.1 Å². The van der Waals surface area contributed by atoms with Crippen LogP contribution in [0.3, 0.4) is 0 Å². The molecule has 3 heterocycles. The fourth-order valence-electron chi connectivity index (χ4n) is 3.58. The van der Waals surface area contributed by atoms with Crippen molar-refractivity contribution in [2.45, 2.75) is 25.7 Å². The third-order valence-electron chi connectivity index (χ3n) is 4.86. The largest absolute Gasteiger partial charge is 0.282 e. The molecular weight excluding hydrogens is 344 g/mol. The van der Waals surface area contributed by atoms with Gasteiger partial charge in [-0.1, -0.05) is 18.2 Å². The number of hydrogen-bond donors (Lipinski definition) is 0. The molecule has 128 valence electrons. The number of aromatic nitrogens is 3. The van der Waals surface area contributed by atoms with Crippen LogP contribution < -0.4 is 5.56 Å². The van der Waals surface area contributed by atoms with Crippen LogP contribution in [0, 0.1) is 0 Å². The standard InChI is InChI=1S/C20H16N4OS/c25-20-18-15-6-1-2-9-17(15)26-19(18)22-12-24(20)23-11-13-5-3-8-16-14(13)7-4-10-21-16/h3-5,7-8,10-12H,1-2,6,9H2/b23-11-. The molecule has 3 aromatic heterocycles. The second-order valence-corrected chi connectivity index (χ2v) is 7.53. The van der Waals surface area contributed by atoms with E-state index in [1.54, 1.807) is 23.7 Å². The van der Waals surface area contributed by atoms with Gasteiger partial charge >= 0.3 is 0 Å². The van der Waals surface area contributed by atoms with E-state index in [0.717, 1.165) is 45.9 Å². The highest BCUT2D eigenvalue weighted by Gasteiger charge is 2.19. The van der Waals surface area contributed by atoms with Crippen molar-refractivity contribution in [2.75, 3.05) is 0 Å². The van der Waals surface area contributed by atoms with Gasteiger partial charge in [0.25, 0.3) is 5.56 Å². The first kappa shape index (κ1) is 15.4. The maximum absolute atomic E-state index is 12.9. The molecule has 0 atom stereocenters. The summed E-state index contributed by atoms with van der Waals surface area (Å²) in [5.41, 5.74) is 2.94. The third-order valence-corrected chi connectivity index (χ3v) is 6.06. The molecule has 26 heavy (non-hydrogen) atoms. The molecule has 0 fully saturated rings. The molecule has 1 aromatic carbocycles. The molecule has 0 saturated heterocycles. The van der Waals surface area contributed by atoms with Crippen LogP contribution in [-0.4, -0.2) is 20.9 Å². The molecule has 0 N–H and O–H groups in total. The first-order chi connectivity index (χ1) is 12.8. The van der Waals surface area contributed by atoms with Crippen molar-refractivity contribution in [3.05, 3.63) is 69.2 Å². The van der Waals surface area contributed by atoms with E-state index >= 15 is 0 Å². The summed E-state index contributed by atoms with van der Waals surface area (Å²) in [7, 11) is 0. The van der Waals surface area contributed by atoms with Gasteiger partial charge in [0.15, 0.2) is 0 Å². The van der Waals surface area contributed by atoms with E-state index in [1.807, 2.05) is 30.3 Å². The molecule has 6 heteroatoms. The summed E-state index contributed by atoms with van der Waals surface area (Å²) in [6.07, 6.45) is 9.35. The lowest BCUT2D eigenvalue weighted by molar-refractivity contribution is 0.699. The Labute approximate surface area is 153 Å². The SMILES string of the molecule is O=c1c2c3c(sc2ncn1/N=C\c1cccc2ncccc12)CCCC3. The van der Waals surface area contributed by atoms with Gasteiger partial charge in [0.2, 0.25) is 0 Å². The van der Waals surface area contributed by atoms with Crippen molar-refractivity contribution in [1.82, 2.24) is 14.6 Å². The van der Waals surface area contributed by atoms with Crippen molar-refractivity contribution in [1.29, 1.82) is 0 Å². The molecule has 1 aliphatic carbocycles. The van der Waals surface area contributed by atoms with E-state index in [0.29, 0.717) is 0 Å². The van der Waals surface area contributed by atoms with Crippen LogP contribution in [-0.2, 0) is 12.8 Å². The van der Waals surface area contributed by atoms with Gasteiger partial charge in [0.05, 0.1) is 17.1 Å². The molecule has 0 unspecified atom stereocenters. The number of benzene rings is 1. The number of aryl methyl sites for hydroxylation is 2. The van der Waals surface area contributed by atoms with Crippen molar-refractivity contribution in [2.24, 2.45) is 5.10 Å². The number of nitrogens with zero attached hydrogens (tertiary/aromatic N) is 4. The summed E-state index contributed by atoms with van der Waals surface area (Å²) in [5, 5.41) is 6.16. The Morgan fingerprint density at radius 3 is 3.00 bits per heavy atom. The highest BCUT2D eigenvalue weighted by Crippen LogP contribution is 2.33. The zero-order valence-electron chi connectivity index (χ0n) is 14.1. The van der Waals surface area contributed by atoms with Gasteiger partial charge in [-0.05, 0) is 43.4 Å². The summed E-state index contributed by atoms with van der Waals surface area (Å²) >= 11 is 1.65. The zero-order valence-corrected chi connectivity index (χ0v) is 14.9. The molecule has 0 bridgehead atoms. The Morgan fingerprint density at radius 2 is 2.04 bits per heavy atom. The van der Waals surface area contributed by atoms with Gasteiger partial charge in [-0.15, -0.1) is 11.3 Å². The van der Waals surface area contributed by atoms with Crippen molar-refractivity contribution in [3.8, 4) is 0 Å². The average molecular weight is 360 g/mol. The second kappa shape index (κ2) is 6.14. The highest BCUT2D eigenvalue weighted by atomic mass is 32.1. The van der Waals surface area contributed by atoms with E-state index in [9.17, 15) is 4.79 Å². The first-order valence-corrected chi connectivity index (χ1v) is 9.53. The Hall–Kier alpha value is -2.86. The highest BCUT2D eigenvalue weighted by molar-refractivity contribution is 7.18. The fraction of sp³-hybridized carbons (Fsp3) is 0.200. The maximum Gasteiger partial charge on any atom is 0.282 e. The topological polar surface area (TPSA) is 60.1 Å². The summed E-state index contributed by atoms with van der Waals surface area (Å²) in [6.45, 7) is 0. The molecule has 5 nitrogen and oxygen atoms in total. The molecule has 0 aliphatic heterocycles.